The summed E-state index contributed by atoms with van der Waals surface area (Å²) in [5.41, 5.74) is 5.58. The van der Waals surface area contributed by atoms with Crippen molar-refractivity contribution in [1.29, 1.82) is 0 Å². The zero-order chi connectivity index (χ0) is 14.4. The van der Waals surface area contributed by atoms with Crippen LogP contribution in [0, 0.1) is 5.92 Å². The summed E-state index contributed by atoms with van der Waals surface area (Å²) in [6.45, 7) is 0.648. The van der Waals surface area contributed by atoms with Gasteiger partial charge in [-0.2, -0.15) is 0 Å². The van der Waals surface area contributed by atoms with Crippen LogP contribution in [0.3, 0.4) is 0 Å². The maximum atomic E-state index is 11.4. The minimum absolute atomic E-state index is 0.100. The Balaban J connectivity index is 1.80. The van der Waals surface area contributed by atoms with E-state index >= 15 is 0 Å². The molecule has 116 valence electrons. The number of hydrogen-bond donors (Lipinski definition) is 2. The molecule has 2 fully saturated rings. The fourth-order valence-corrected chi connectivity index (χ4v) is 3.82. The molecule has 1 aliphatic heterocycles. The van der Waals surface area contributed by atoms with Crippen molar-refractivity contribution < 1.29 is 14.6 Å². The number of carbonyl (C=O) groups is 1. The van der Waals surface area contributed by atoms with E-state index in [0.717, 1.165) is 32.1 Å². The number of carboxylic acid groups (broad SMARTS) is 1. The molecule has 0 aromatic heterocycles. The highest BCUT2D eigenvalue weighted by Crippen LogP contribution is 2.43. The van der Waals surface area contributed by atoms with E-state index in [1.807, 2.05) is 0 Å². The minimum Gasteiger partial charge on any atom is -0.481 e. The summed E-state index contributed by atoms with van der Waals surface area (Å²) >= 11 is 0. The summed E-state index contributed by atoms with van der Waals surface area (Å²) in [4.78, 5) is 11.4. The number of unbranched alkanes of at least 4 members (excludes halogenated alkanes) is 1. The Morgan fingerprint density at radius 3 is 2.65 bits per heavy atom. The van der Waals surface area contributed by atoms with Gasteiger partial charge in [-0.1, -0.05) is 25.7 Å². The number of rotatable bonds is 7. The second-order valence-corrected chi connectivity index (χ2v) is 6.58. The van der Waals surface area contributed by atoms with Crippen molar-refractivity contribution >= 4 is 5.97 Å². The average Bonchev–Trinajstić information content (AvgIpc) is 2.81. The van der Waals surface area contributed by atoms with E-state index in [9.17, 15) is 9.90 Å². The lowest BCUT2D eigenvalue weighted by Gasteiger charge is -2.33. The van der Waals surface area contributed by atoms with Crippen LogP contribution in [0.25, 0.3) is 0 Å². The van der Waals surface area contributed by atoms with Crippen LogP contribution in [0.4, 0.5) is 0 Å². The third-order valence-electron chi connectivity index (χ3n) is 5.01. The van der Waals surface area contributed by atoms with Gasteiger partial charge in [-0.05, 0) is 51.5 Å². The van der Waals surface area contributed by atoms with Crippen LogP contribution in [0.15, 0.2) is 0 Å². The van der Waals surface area contributed by atoms with E-state index in [1.54, 1.807) is 0 Å². The molecule has 1 aliphatic carbocycles. The maximum absolute atomic E-state index is 11.4. The van der Waals surface area contributed by atoms with Gasteiger partial charge in [-0.3, -0.25) is 4.79 Å². The summed E-state index contributed by atoms with van der Waals surface area (Å²) in [6, 6.07) is 0. The molecular formula is C16H29NO3. The lowest BCUT2D eigenvalue weighted by atomic mass is 9.83. The van der Waals surface area contributed by atoms with Crippen molar-refractivity contribution in [3.63, 3.8) is 0 Å². The van der Waals surface area contributed by atoms with Crippen molar-refractivity contribution in [3.05, 3.63) is 0 Å². The first-order valence-electron chi connectivity index (χ1n) is 8.26. The minimum atomic E-state index is -0.671. The number of nitrogens with two attached hydrogens (primary N) is 1. The highest BCUT2D eigenvalue weighted by Gasteiger charge is 2.41. The normalized spacial score (nSPS) is 26.8. The highest BCUT2D eigenvalue weighted by atomic mass is 16.5. The molecule has 0 radical (unpaired) electrons. The van der Waals surface area contributed by atoms with Crippen LogP contribution in [-0.4, -0.2) is 29.3 Å². The second kappa shape index (κ2) is 7.41. The maximum Gasteiger partial charge on any atom is 0.306 e. The van der Waals surface area contributed by atoms with Gasteiger partial charge in [-0.15, -0.1) is 0 Å². The molecule has 20 heavy (non-hydrogen) atoms. The fourth-order valence-electron chi connectivity index (χ4n) is 3.82. The molecule has 0 aromatic carbocycles. The Bertz CT molecular complexity index is 313. The van der Waals surface area contributed by atoms with Crippen LogP contribution >= 0.6 is 0 Å². The van der Waals surface area contributed by atoms with Gasteiger partial charge in [0.05, 0.1) is 17.6 Å². The Morgan fingerprint density at radius 2 is 2.00 bits per heavy atom. The van der Waals surface area contributed by atoms with Gasteiger partial charge >= 0.3 is 5.97 Å². The van der Waals surface area contributed by atoms with Crippen LogP contribution in [0.5, 0.6) is 0 Å². The van der Waals surface area contributed by atoms with Crippen molar-refractivity contribution in [1.82, 2.24) is 0 Å². The van der Waals surface area contributed by atoms with Gasteiger partial charge < -0.3 is 15.6 Å². The fraction of sp³-hybridized carbons (Fsp3) is 0.938. The molecule has 2 aliphatic rings. The van der Waals surface area contributed by atoms with Crippen molar-refractivity contribution in [2.75, 3.05) is 6.54 Å². The molecule has 4 nitrogen and oxygen atoms in total. The molecule has 3 N–H and O–H groups in total. The van der Waals surface area contributed by atoms with Gasteiger partial charge in [0.2, 0.25) is 0 Å². The Hall–Kier alpha value is -0.610. The standard InChI is InChI=1S/C16H29NO3/c17-11-5-2-6-13(15(18)19)12-14-7-10-16(20-14)8-3-1-4-9-16/h13-14H,1-12,17H2,(H,18,19). The summed E-state index contributed by atoms with van der Waals surface area (Å²) in [5, 5.41) is 9.35. The molecule has 4 heteroatoms. The first-order chi connectivity index (χ1) is 9.65. The Kier molecular flexibility index (Phi) is 5.85. The number of ether oxygens (including phenoxy) is 1. The molecule has 1 saturated heterocycles. The van der Waals surface area contributed by atoms with Gasteiger partial charge in [0, 0.05) is 0 Å². The monoisotopic (exact) mass is 283 g/mol. The quantitative estimate of drug-likeness (QED) is 0.704. The molecule has 2 unspecified atom stereocenters. The number of carboxylic acids is 1. The summed E-state index contributed by atoms with van der Waals surface area (Å²) in [6.07, 6.45) is 11.8. The third kappa shape index (κ3) is 4.19. The summed E-state index contributed by atoms with van der Waals surface area (Å²) in [5.74, 6) is -0.930. The predicted molar refractivity (Wildman–Crippen MR) is 78.6 cm³/mol. The zero-order valence-corrected chi connectivity index (χ0v) is 12.5. The van der Waals surface area contributed by atoms with Gasteiger partial charge in [0.15, 0.2) is 0 Å². The largest absolute Gasteiger partial charge is 0.481 e. The molecule has 1 spiro atoms. The smallest absolute Gasteiger partial charge is 0.306 e. The lowest BCUT2D eigenvalue weighted by molar-refractivity contribution is -0.144. The van der Waals surface area contributed by atoms with Crippen LogP contribution in [0.1, 0.15) is 70.6 Å². The molecule has 1 heterocycles. The first-order valence-corrected chi connectivity index (χ1v) is 8.26. The van der Waals surface area contributed by atoms with E-state index in [4.69, 9.17) is 10.5 Å². The molecule has 2 rings (SSSR count). The zero-order valence-electron chi connectivity index (χ0n) is 12.5. The van der Waals surface area contributed by atoms with Gasteiger partial charge in [0.1, 0.15) is 0 Å². The van der Waals surface area contributed by atoms with Gasteiger partial charge in [0.25, 0.3) is 0 Å². The third-order valence-corrected chi connectivity index (χ3v) is 5.01. The number of aliphatic carboxylic acids is 1. The van der Waals surface area contributed by atoms with Crippen LogP contribution < -0.4 is 5.73 Å². The van der Waals surface area contributed by atoms with E-state index in [0.29, 0.717) is 13.0 Å². The molecule has 1 saturated carbocycles. The topological polar surface area (TPSA) is 72.5 Å². The second-order valence-electron chi connectivity index (χ2n) is 6.58. The average molecular weight is 283 g/mol. The highest BCUT2D eigenvalue weighted by molar-refractivity contribution is 5.69. The van der Waals surface area contributed by atoms with Crippen LogP contribution in [0.2, 0.25) is 0 Å². The van der Waals surface area contributed by atoms with E-state index in [-0.39, 0.29) is 17.6 Å². The Labute approximate surface area is 122 Å². The molecule has 0 amide bonds. The van der Waals surface area contributed by atoms with E-state index < -0.39 is 5.97 Å². The number of hydrogen-bond acceptors (Lipinski definition) is 3. The molecule has 0 bridgehead atoms. The first kappa shape index (κ1) is 15.8. The summed E-state index contributed by atoms with van der Waals surface area (Å²) in [7, 11) is 0. The molecule has 0 aromatic rings. The molecule has 2 atom stereocenters. The van der Waals surface area contributed by atoms with Gasteiger partial charge in [-0.25, -0.2) is 0 Å². The SMILES string of the molecule is NCCCCC(CC1CCC2(CCCCC2)O1)C(=O)O. The lowest BCUT2D eigenvalue weighted by Crippen LogP contribution is -2.32. The summed E-state index contributed by atoms with van der Waals surface area (Å²) < 4.78 is 6.29. The Morgan fingerprint density at radius 1 is 1.25 bits per heavy atom. The van der Waals surface area contributed by atoms with E-state index in [2.05, 4.69) is 0 Å². The van der Waals surface area contributed by atoms with Crippen molar-refractivity contribution in [2.24, 2.45) is 11.7 Å². The van der Waals surface area contributed by atoms with Crippen molar-refractivity contribution in [2.45, 2.75) is 82.3 Å². The predicted octanol–water partition coefficient (Wildman–Crippen LogP) is 3.09. The van der Waals surface area contributed by atoms with E-state index in [1.165, 1.54) is 32.1 Å². The molecular weight excluding hydrogens is 254 g/mol. The van der Waals surface area contributed by atoms with Crippen LogP contribution in [-0.2, 0) is 9.53 Å². The van der Waals surface area contributed by atoms with Crippen molar-refractivity contribution in [3.8, 4) is 0 Å².